The van der Waals surface area contributed by atoms with Crippen LogP contribution in [0.2, 0.25) is 0 Å². The molecule has 0 fully saturated rings. The Balaban J connectivity index is 3.11. The average molecular weight is 437 g/mol. The maximum atomic E-state index is 12.9. The van der Waals surface area contributed by atoms with Gasteiger partial charge >= 0.3 is 5.97 Å². The van der Waals surface area contributed by atoms with Crippen LogP contribution < -0.4 is 21.7 Å². The first-order chi connectivity index (χ1) is 14.6. The number of carboxylic acid groups (broad SMARTS) is 1. The second-order valence-electron chi connectivity index (χ2n) is 7.45. The van der Waals surface area contributed by atoms with Crippen molar-refractivity contribution >= 4 is 23.7 Å². The Morgan fingerprint density at radius 1 is 0.968 bits per heavy atom. The summed E-state index contributed by atoms with van der Waals surface area (Å²) in [4.78, 5) is 48.9. The van der Waals surface area contributed by atoms with Gasteiger partial charge in [-0.25, -0.2) is 4.79 Å². The second kappa shape index (κ2) is 12.7. The van der Waals surface area contributed by atoms with Gasteiger partial charge in [-0.3, -0.25) is 14.4 Å². The van der Waals surface area contributed by atoms with Crippen LogP contribution in [-0.4, -0.2) is 64.7 Å². The zero-order valence-corrected chi connectivity index (χ0v) is 18.0. The smallest absolute Gasteiger partial charge is 0.328 e. The zero-order chi connectivity index (χ0) is 23.6. The molecule has 7 N–H and O–H groups in total. The summed E-state index contributed by atoms with van der Waals surface area (Å²) in [7, 11) is 0. The van der Waals surface area contributed by atoms with Crippen molar-refractivity contribution in [3.05, 3.63) is 35.9 Å². The van der Waals surface area contributed by atoms with Gasteiger partial charge in [-0.2, -0.15) is 0 Å². The molecule has 10 nitrogen and oxygen atoms in total. The van der Waals surface area contributed by atoms with Crippen molar-refractivity contribution in [3.8, 4) is 0 Å². The molecule has 3 amide bonds. The van der Waals surface area contributed by atoms with Crippen LogP contribution in [0.5, 0.6) is 0 Å². The van der Waals surface area contributed by atoms with Crippen LogP contribution in [0.4, 0.5) is 0 Å². The van der Waals surface area contributed by atoms with Crippen molar-refractivity contribution in [2.75, 3.05) is 6.54 Å². The first kappa shape index (κ1) is 26.1. The molecule has 10 heteroatoms. The van der Waals surface area contributed by atoms with Crippen LogP contribution in [0.15, 0.2) is 30.3 Å². The first-order valence-corrected chi connectivity index (χ1v) is 10.2. The summed E-state index contributed by atoms with van der Waals surface area (Å²) in [6.45, 7) is 4.59. The number of hydrogen-bond acceptors (Lipinski definition) is 6. The third-order valence-electron chi connectivity index (χ3n) is 4.96. The molecule has 1 rings (SSSR count). The Hall–Kier alpha value is -2.98. The fourth-order valence-electron chi connectivity index (χ4n) is 2.90. The van der Waals surface area contributed by atoms with E-state index in [-0.39, 0.29) is 18.9 Å². The van der Waals surface area contributed by atoms with E-state index in [1.807, 2.05) is 6.92 Å². The Morgan fingerprint density at radius 3 is 2.06 bits per heavy atom. The maximum Gasteiger partial charge on any atom is 0.328 e. The van der Waals surface area contributed by atoms with E-state index < -0.39 is 47.9 Å². The number of nitrogens with two attached hydrogens (primary N) is 1. The number of carbonyl (C=O) groups is 4. The molecule has 0 aliphatic rings. The highest BCUT2D eigenvalue weighted by Gasteiger charge is 2.32. The molecular weight excluding hydrogens is 404 g/mol. The molecule has 0 saturated heterocycles. The van der Waals surface area contributed by atoms with E-state index >= 15 is 0 Å². The van der Waals surface area contributed by atoms with Crippen molar-refractivity contribution in [1.82, 2.24) is 16.0 Å². The Labute approximate surface area is 181 Å². The zero-order valence-electron chi connectivity index (χ0n) is 18.0. The topological polar surface area (TPSA) is 171 Å². The van der Waals surface area contributed by atoms with Gasteiger partial charge in [-0.05, 0) is 18.4 Å². The van der Waals surface area contributed by atoms with E-state index in [2.05, 4.69) is 16.0 Å². The van der Waals surface area contributed by atoms with Gasteiger partial charge in [0.2, 0.25) is 17.7 Å². The van der Waals surface area contributed by atoms with Crippen LogP contribution in [-0.2, 0) is 25.6 Å². The Kier molecular flexibility index (Phi) is 10.6. The Bertz CT molecular complexity index is 755. The molecule has 0 saturated carbocycles. The number of aliphatic hydroxyl groups excluding tert-OH is 1. The molecule has 5 atom stereocenters. The third-order valence-corrected chi connectivity index (χ3v) is 4.96. The summed E-state index contributed by atoms with van der Waals surface area (Å²) >= 11 is 0. The van der Waals surface area contributed by atoms with Crippen molar-refractivity contribution in [2.45, 2.75) is 57.8 Å². The molecule has 0 spiro atoms. The van der Waals surface area contributed by atoms with E-state index in [0.717, 1.165) is 5.56 Å². The van der Waals surface area contributed by atoms with E-state index in [4.69, 9.17) is 5.73 Å². The monoisotopic (exact) mass is 436 g/mol. The predicted molar refractivity (Wildman–Crippen MR) is 114 cm³/mol. The molecule has 0 aromatic heterocycles. The van der Waals surface area contributed by atoms with E-state index in [0.29, 0.717) is 6.42 Å². The molecule has 0 heterocycles. The standard InChI is InChI=1S/C21H32N4O6/c1-4-12(2)17(24-16(27)11-22)20(29)23-15(10-14-8-6-5-7-9-14)19(28)25-18(13(3)26)21(30)31/h5-9,12-13,15,17-18,26H,4,10-11,22H2,1-3H3,(H,23,29)(H,24,27)(H,25,28)(H,30,31). The largest absolute Gasteiger partial charge is 0.480 e. The molecule has 0 bridgehead atoms. The summed E-state index contributed by atoms with van der Waals surface area (Å²) < 4.78 is 0. The summed E-state index contributed by atoms with van der Waals surface area (Å²) in [6, 6.07) is 5.28. The summed E-state index contributed by atoms with van der Waals surface area (Å²) in [5.74, 6) is -3.50. The number of nitrogens with one attached hydrogen (secondary N) is 3. The molecule has 1 aromatic rings. The first-order valence-electron chi connectivity index (χ1n) is 10.2. The van der Waals surface area contributed by atoms with Gasteiger partial charge in [0.05, 0.1) is 12.6 Å². The average Bonchev–Trinajstić information content (AvgIpc) is 2.74. The van der Waals surface area contributed by atoms with Crippen LogP contribution >= 0.6 is 0 Å². The second-order valence-corrected chi connectivity index (χ2v) is 7.45. The van der Waals surface area contributed by atoms with Crippen LogP contribution in [0.1, 0.15) is 32.8 Å². The minimum absolute atomic E-state index is 0.0859. The minimum Gasteiger partial charge on any atom is -0.480 e. The highest BCUT2D eigenvalue weighted by molar-refractivity contribution is 5.94. The van der Waals surface area contributed by atoms with Gasteiger partial charge in [0, 0.05) is 6.42 Å². The van der Waals surface area contributed by atoms with Crippen LogP contribution in [0.3, 0.4) is 0 Å². The van der Waals surface area contributed by atoms with Crippen molar-refractivity contribution in [3.63, 3.8) is 0 Å². The molecule has 1 aromatic carbocycles. The normalized spacial score (nSPS) is 15.6. The quantitative estimate of drug-likeness (QED) is 0.248. The van der Waals surface area contributed by atoms with Gasteiger partial charge in [0.25, 0.3) is 0 Å². The predicted octanol–water partition coefficient (Wildman–Crippen LogP) is -0.846. The van der Waals surface area contributed by atoms with Gasteiger partial charge in [-0.1, -0.05) is 50.6 Å². The molecule has 0 aliphatic carbocycles. The van der Waals surface area contributed by atoms with E-state index in [9.17, 15) is 29.4 Å². The fraction of sp³-hybridized carbons (Fsp3) is 0.524. The number of benzene rings is 1. The molecular formula is C21H32N4O6. The van der Waals surface area contributed by atoms with Crippen molar-refractivity contribution in [1.29, 1.82) is 0 Å². The molecule has 0 aliphatic heterocycles. The highest BCUT2D eigenvalue weighted by atomic mass is 16.4. The van der Waals surface area contributed by atoms with Crippen molar-refractivity contribution < 1.29 is 29.4 Å². The molecule has 0 radical (unpaired) electrons. The summed E-state index contributed by atoms with van der Waals surface area (Å²) in [6.07, 6.45) is -0.671. The van der Waals surface area contributed by atoms with E-state index in [1.165, 1.54) is 6.92 Å². The van der Waals surface area contributed by atoms with Crippen LogP contribution in [0.25, 0.3) is 0 Å². The van der Waals surface area contributed by atoms with E-state index in [1.54, 1.807) is 37.3 Å². The molecule has 172 valence electrons. The number of hydrogen-bond donors (Lipinski definition) is 6. The lowest BCUT2D eigenvalue weighted by atomic mass is 9.97. The fourth-order valence-corrected chi connectivity index (χ4v) is 2.90. The maximum absolute atomic E-state index is 12.9. The number of aliphatic carboxylic acids is 1. The lowest BCUT2D eigenvalue weighted by molar-refractivity contribution is -0.145. The lowest BCUT2D eigenvalue weighted by Crippen LogP contribution is -2.59. The number of rotatable bonds is 12. The Morgan fingerprint density at radius 2 is 1.58 bits per heavy atom. The summed E-state index contributed by atoms with van der Waals surface area (Å²) in [5, 5.41) is 26.3. The molecule has 5 unspecified atom stereocenters. The molecule has 31 heavy (non-hydrogen) atoms. The summed E-state index contributed by atoms with van der Waals surface area (Å²) in [5.41, 5.74) is 6.07. The lowest BCUT2D eigenvalue weighted by Gasteiger charge is -2.27. The number of carboxylic acids is 1. The highest BCUT2D eigenvalue weighted by Crippen LogP contribution is 2.10. The number of amides is 3. The van der Waals surface area contributed by atoms with Crippen LogP contribution in [0, 0.1) is 5.92 Å². The van der Waals surface area contributed by atoms with Gasteiger partial charge < -0.3 is 31.9 Å². The number of carbonyl (C=O) groups excluding carboxylic acids is 3. The van der Waals surface area contributed by atoms with Gasteiger partial charge in [0.1, 0.15) is 12.1 Å². The SMILES string of the molecule is CCC(C)C(NC(=O)CN)C(=O)NC(Cc1ccccc1)C(=O)NC(C(=O)O)C(C)O. The van der Waals surface area contributed by atoms with Gasteiger partial charge in [0.15, 0.2) is 6.04 Å². The van der Waals surface area contributed by atoms with Crippen molar-refractivity contribution in [2.24, 2.45) is 11.7 Å². The third kappa shape index (κ3) is 8.35. The minimum atomic E-state index is -1.54. The number of aliphatic hydroxyl groups is 1. The van der Waals surface area contributed by atoms with Gasteiger partial charge in [-0.15, -0.1) is 0 Å².